The molecule has 0 aliphatic heterocycles. The van der Waals surface area contributed by atoms with Crippen LogP contribution in [0.25, 0.3) is 0 Å². The van der Waals surface area contributed by atoms with Crippen LogP contribution < -0.4 is 0 Å². The van der Waals surface area contributed by atoms with Crippen LogP contribution in [0.1, 0.15) is 17.8 Å². The van der Waals surface area contributed by atoms with E-state index in [0.717, 1.165) is 0 Å². The Hall–Kier alpha value is -1.29. The number of hydrogen-bond acceptors (Lipinski definition) is 2. The largest absolute Gasteiger partial charge is 0.384 e. The summed E-state index contributed by atoms with van der Waals surface area (Å²) in [6, 6.07) is 5.12. The summed E-state index contributed by atoms with van der Waals surface area (Å²) in [5.74, 6) is 0.704. The fourth-order valence-electron chi connectivity index (χ4n) is 1.99. The maximum Gasteiger partial charge on any atom is 0.109 e. The Kier molecular flexibility index (Phi) is 4.30. The summed E-state index contributed by atoms with van der Waals surface area (Å²) in [5.41, 5.74) is -0.411. The molecule has 1 aromatic heterocycles. The van der Waals surface area contributed by atoms with Gasteiger partial charge >= 0.3 is 0 Å². The fourth-order valence-corrected chi connectivity index (χ4v) is 2.29. The summed E-state index contributed by atoms with van der Waals surface area (Å²) >= 11 is 11.9. The average Bonchev–Trinajstić information content (AvgIpc) is 2.85. The van der Waals surface area contributed by atoms with Crippen molar-refractivity contribution in [2.75, 3.05) is 0 Å². The quantitative estimate of drug-likeness (QED) is 0.826. The lowest BCUT2D eigenvalue weighted by Gasteiger charge is -2.27. The highest BCUT2D eigenvalue weighted by molar-refractivity contribution is 6.42. The van der Waals surface area contributed by atoms with Crippen LogP contribution >= 0.6 is 23.2 Å². The molecule has 1 aromatic carbocycles. The molecule has 2 N–H and O–H groups in total. The second-order valence-corrected chi connectivity index (χ2v) is 5.18. The van der Waals surface area contributed by atoms with Gasteiger partial charge in [-0.2, -0.15) is 0 Å². The minimum Gasteiger partial charge on any atom is -0.384 e. The van der Waals surface area contributed by atoms with Crippen LogP contribution in [-0.2, 0) is 12.0 Å². The molecule has 1 heterocycles. The van der Waals surface area contributed by atoms with E-state index in [1.807, 2.05) is 0 Å². The van der Waals surface area contributed by atoms with Gasteiger partial charge in [0.1, 0.15) is 11.4 Å². The van der Waals surface area contributed by atoms with Gasteiger partial charge in [0.2, 0.25) is 0 Å². The summed E-state index contributed by atoms with van der Waals surface area (Å²) in [6.45, 7) is 3.69. The minimum atomic E-state index is -1.10. The van der Waals surface area contributed by atoms with Crippen LogP contribution in [0.5, 0.6) is 0 Å². The zero-order chi connectivity index (χ0) is 13.9. The van der Waals surface area contributed by atoms with Gasteiger partial charge in [0, 0.05) is 18.8 Å². The van der Waals surface area contributed by atoms with Crippen molar-refractivity contribution in [3.63, 3.8) is 0 Å². The Morgan fingerprint density at radius 3 is 2.74 bits per heavy atom. The summed E-state index contributed by atoms with van der Waals surface area (Å²) in [7, 11) is 0. The first-order valence-electron chi connectivity index (χ1n) is 5.82. The number of hydrogen-bond donors (Lipinski definition) is 2. The third kappa shape index (κ3) is 3.18. The monoisotopic (exact) mass is 296 g/mol. The van der Waals surface area contributed by atoms with Crippen LogP contribution in [0.2, 0.25) is 10.0 Å². The molecule has 0 saturated heterocycles. The standard InChI is InChI=1S/C14H14Cl2N2O/c1-2-5-14(19,9-13-17-6-7-18-13)10-3-4-11(15)12(16)8-10/h2-4,6-8,19H,1,5,9H2,(H,17,18). The van der Waals surface area contributed by atoms with Crippen molar-refractivity contribution >= 4 is 23.2 Å². The predicted molar refractivity (Wildman–Crippen MR) is 77.5 cm³/mol. The first kappa shape index (κ1) is 14.1. The van der Waals surface area contributed by atoms with E-state index in [2.05, 4.69) is 16.5 Å². The molecule has 3 nitrogen and oxygen atoms in total. The Bertz CT molecular complexity index is 569. The third-order valence-electron chi connectivity index (χ3n) is 2.95. The number of rotatable bonds is 5. The first-order chi connectivity index (χ1) is 9.05. The van der Waals surface area contributed by atoms with Gasteiger partial charge in [0.05, 0.1) is 10.0 Å². The Morgan fingerprint density at radius 1 is 1.37 bits per heavy atom. The van der Waals surface area contributed by atoms with Crippen molar-refractivity contribution in [1.82, 2.24) is 9.97 Å². The van der Waals surface area contributed by atoms with Gasteiger partial charge in [-0.1, -0.05) is 35.3 Å². The molecule has 1 unspecified atom stereocenters. The zero-order valence-corrected chi connectivity index (χ0v) is 11.7. The number of aliphatic hydroxyl groups is 1. The van der Waals surface area contributed by atoms with Gasteiger partial charge < -0.3 is 10.1 Å². The van der Waals surface area contributed by atoms with Crippen molar-refractivity contribution < 1.29 is 5.11 Å². The molecule has 0 aliphatic carbocycles. The number of imidazole rings is 1. The van der Waals surface area contributed by atoms with Crippen molar-refractivity contribution in [2.24, 2.45) is 0 Å². The smallest absolute Gasteiger partial charge is 0.109 e. The minimum absolute atomic E-state index is 0.351. The highest BCUT2D eigenvalue weighted by Crippen LogP contribution is 2.33. The normalized spacial score (nSPS) is 14.1. The number of nitrogens with one attached hydrogen (secondary N) is 1. The molecule has 0 spiro atoms. The van der Waals surface area contributed by atoms with Crippen LogP contribution in [0.15, 0.2) is 43.2 Å². The van der Waals surface area contributed by atoms with Gasteiger partial charge in [0.25, 0.3) is 0 Å². The van der Waals surface area contributed by atoms with Gasteiger partial charge in [-0.3, -0.25) is 0 Å². The van der Waals surface area contributed by atoms with E-state index < -0.39 is 5.60 Å². The lowest BCUT2D eigenvalue weighted by molar-refractivity contribution is 0.0382. The SMILES string of the molecule is C=CCC(O)(Cc1ncc[nH]1)c1ccc(Cl)c(Cl)c1. The van der Waals surface area contributed by atoms with Gasteiger partial charge in [-0.25, -0.2) is 4.98 Å². The maximum atomic E-state index is 10.8. The Labute approximate surface area is 121 Å². The molecular weight excluding hydrogens is 283 g/mol. The number of H-pyrrole nitrogens is 1. The first-order valence-corrected chi connectivity index (χ1v) is 6.58. The highest BCUT2D eigenvalue weighted by atomic mass is 35.5. The van der Waals surface area contributed by atoms with Crippen LogP contribution in [0.4, 0.5) is 0 Å². The number of aromatic nitrogens is 2. The highest BCUT2D eigenvalue weighted by Gasteiger charge is 2.29. The lowest BCUT2D eigenvalue weighted by Crippen LogP contribution is -2.28. The van der Waals surface area contributed by atoms with E-state index in [1.54, 1.807) is 36.7 Å². The molecular formula is C14H14Cl2N2O. The number of aromatic amines is 1. The summed E-state index contributed by atoms with van der Waals surface area (Å²) in [5, 5.41) is 11.7. The average molecular weight is 297 g/mol. The second-order valence-electron chi connectivity index (χ2n) is 4.37. The number of nitrogens with zero attached hydrogens (tertiary/aromatic N) is 1. The van der Waals surface area contributed by atoms with Gasteiger partial charge in [0.15, 0.2) is 0 Å². The van der Waals surface area contributed by atoms with E-state index >= 15 is 0 Å². The molecule has 19 heavy (non-hydrogen) atoms. The second kappa shape index (κ2) is 5.78. The van der Waals surface area contributed by atoms with Crippen molar-refractivity contribution in [1.29, 1.82) is 0 Å². The Balaban J connectivity index is 2.37. The maximum absolute atomic E-state index is 10.8. The summed E-state index contributed by atoms with van der Waals surface area (Å²) in [4.78, 5) is 7.12. The Morgan fingerprint density at radius 2 is 2.16 bits per heavy atom. The predicted octanol–water partition coefficient (Wildman–Crippen LogP) is 3.72. The van der Waals surface area contributed by atoms with Crippen molar-refractivity contribution in [2.45, 2.75) is 18.4 Å². The van der Waals surface area contributed by atoms with Crippen LogP contribution in [-0.4, -0.2) is 15.1 Å². The molecule has 2 rings (SSSR count). The summed E-state index contributed by atoms with van der Waals surface area (Å²) in [6.07, 6.45) is 5.79. The van der Waals surface area contributed by atoms with E-state index in [0.29, 0.717) is 34.3 Å². The number of halogens is 2. The molecule has 100 valence electrons. The molecule has 0 saturated carbocycles. The van der Waals surface area contributed by atoms with Gasteiger partial charge in [-0.15, -0.1) is 6.58 Å². The molecule has 0 aliphatic rings. The molecule has 2 aromatic rings. The summed E-state index contributed by atoms with van der Waals surface area (Å²) < 4.78 is 0. The van der Waals surface area contributed by atoms with Crippen LogP contribution in [0.3, 0.4) is 0 Å². The van der Waals surface area contributed by atoms with Crippen molar-refractivity contribution in [3.05, 3.63) is 64.7 Å². The van der Waals surface area contributed by atoms with E-state index in [9.17, 15) is 5.11 Å². The molecule has 0 fully saturated rings. The molecule has 0 amide bonds. The topological polar surface area (TPSA) is 48.9 Å². The zero-order valence-electron chi connectivity index (χ0n) is 10.2. The molecule has 0 radical (unpaired) electrons. The lowest BCUT2D eigenvalue weighted by atomic mass is 9.87. The van der Waals surface area contributed by atoms with E-state index in [4.69, 9.17) is 23.2 Å². The van der Waals surface area contributed by atoms with E-state index in [-0.39, 0.29) is 0 Å². The van der Waals surface area contributed by atoms with Crippen LogP contribution in [0, 0.1) is 0 Å². The number of benzene rings is 1. The van der Waals surface area contributed by atoms with E-state index in [1.165, 1.54) is 0 Å². The third-order valence-corrected chi connectivity index (χ3v) is 3.69. The molecule has 1 atom stereocenters. The molecule has 0 bridgehead atoms. The van der Waals surface area contributed by atoms with Gasteiger partial charge in [-0.05, 0) is 24.1 Å². The van der Waals surface area contributed by atoms with Crippen molar-refractivity contribution in [3.8, 4) is 0 Å². The fraction of sp³-hybridized carbons (Fsp3) is 0.214. The molecule has 5 heteroatoms.